The van der Waals surface area contributed by atoms with Crippen molar-refractivity contribution in [1.82, 2.24) is 9.88 Å². The van der Waals surface area contributed by atoms with Crippen LogP contribution in [0.2, 0.25) is 0 Å². The number of pyridine rings is 1. The average Bonchev–Trinajstić information content (AvgIpc) is 3.57. The number of aliphatic hydroxyl groups is 2. The standard InChI is InChI=1S/C34H45N3O5/c1-26-7-8-32(35-23-26)37(33(40)31-6-5-18-42-31)29-9-15-36(16-10-29)17-13-34(11-3-2-4-12-34)14-19-41-30-21-27(24-38)20-28(22-30)25-39/h5-8,18,20-23,29,38-39H,2-4,9-17,19,24-25H2,1H3. The Balaban J connectivity index is 1.17. The number of aliphatic hydroxyl groups excluding tert-OH is 2. The molecule has 3 heterocycles. The number of carbonyl (C=O) groups is 1. The van der Waals surface area contributed by atoms with Crippen LogP contribution in [0, 0.1) is 12.3 Å². The topological polar surface area (TPSA) is 99.3 Å². The normalized spacial score (nSPS) is 17.7. The number of ether oxygens (including phenoxy) is 1. The first-order chi connectivity index (χ1) is 20.5. The van der Waals surface area contributed by atoms with E-state index in [-0.39, 0.29) is 30.6 Å². The number of likely N-dealkylation sites (tertiary alicyclic amines) is 1. The van der Waals surface area contributed by atoms with Crippen LogP contribution in [0.25, 0.3) is 0 Å². The maximum absolute atomic E-state index is 13.5. The van der Waals surface area contributed by atoms with Crippen LogP contribution in [-0.4, -0.2) is 58.3 Å². The molecule has 1 amide bonds. The van der Waals surface area contributed by atoms with Gasteiger partial charge in [-0.3, -0.25) is 9.69 Å². The molecule has 2 fully saturated rings. The highest BCUT2D eigenvalue weighted by atomic mass is 16.5. The first-order valence-electron chi connectivity index (χ1n) is 15.5. The van der Waals surface area contributed by atoms with Gasteiger partial charge in [-0.25, -0.2) is 4.98 Å². The van der Waals surface area contributed by atoms with E-state index in [1.165, 1.54) is 32.1 Å². The van der Waals surface area contributed by atoms with E-state index in [2.05, 4.69) is 9.88 Å². The molecule has 1 aliphatic carbocycles. The smallest absolute Gasteiger partial charge is 0.295 e. The second kappa shape index (κ2) is 14.3. The second-order valence-electron chi connectivity index (χ2n) is 12.1. The van der Waals surface area contributed by atoms with E-state index in [0.717, 1.165) is 67.8 Å². The summed E-state index contributed by atoms with van der Waals surface area (Å²) in [6.45, 7) is 5.45. The van der Waals surface area contributed by atoms with E-state index in [1.54, 1.807) is 18.4 Å². The first-order valence-corrected chi connectivity index (χ1v) is 15.5. The van der Waals surface area contributed by atoms with Crippen LogP contribution in [-0.2, 0) is 13.2 Å². The molecule has 2 aliphatic rings. The predicted octanol–water partition coefficient (Wildman–Crippen LogP) is 5.89. The third-order valence-electron chi connectivity index (χ3n) is 9.18. The SMILES string of the molecule is Cc1ccc(N(C(=O)c2ccco2)C2CCN(CCC3(CCOc4cc(CO)cc(CO)c4)CCCCC3)CC2)nc1. The Hall–Kier alpha value is -3.20. The summed E-state index contributed by atoms with van der Waals surface area (Å²) < 4.78 is 11.6. The number of hydrogen-bond donors (Lipinski definition) is 2. The molecule has 0 atom stereocenters. The van der Waals surface area contributed by atoms with E-state index in [1.807, 2.05) is 48.4 Å². The van der Waals surface area contributed by atoms with Gasteiger partial charge in [0, 0.05) is 25.3 Å². The van der Waals surface area contributed by atoms with Gasteiger partial charge in [-0.2, -0.15) is 0 Å². The number of anilines is 1. The van der Waals surface area contributed by atoms with Crippen LogP contribution in [0.4, 0.5) is 5.82 Å². The average molecular weight is 576 g/mol. The molecule has 1 saturated carbocycles. The zero-order chi connectivity index (χ0) is 29.4. The predicted molar refractivity (Wildman–Crippen MR) is 162 cm³/mol. The third-order valence-corrected chi connectivity index (χ3v) is 9.18. The summed E-state index contributed by atoms with van der Waals surface area (Å²) in [6.07, 6.45) is 13.6. The van der Waals surface area contributed by atoms with Crippen LogP contribution >= 0.6 is 0 Å². The van der Waals surface area contributed by atoms with E-state index < -0.39 is 0 Å². The zero-order valence-corrected chi connectivity index (χ0v) is 24.8. The minimum Gasteiger partial charge on any atom is -0.494 e. The molecule has 0 unspecified atom stereocenters. The van der Waals surface area contributed by atoms with Crippen molar-refractivity contribution in [1.29, 1.82) is 0 Å². The minimum atomic E-state index is -0.133. The van der Waals surface area contributed by atoms with Gasteiger partial charge in [0.05, 0.1) is 26.1 Å². The van der Waals surface area contributed by atoms with Gasteiger partial charge in [0.15, 0.2) is 5.76 Å². The number of rotatable bonds is 12. The van der Waals surface area contributed by atoms with Gasteiger partial charge in [0.2, 0.25) is 0 Å². The molecule has 2 aromatic heterocycles. The van der Waals surface area contributed by atoms with Crippen molar-refractivity contribution in [2.24, 2.45) is 5.41 Å². The van der Waals surface area contributed by atoms with Crippen molar-refractivity contribution in [2.45, 2.75) is 84.0 Å². The number of aromatic nitrogens is 1. The van der Waals surface area contributed by atoms with E-state index in [0.29, 0.717) is 18.2 Å². The molecule has 42 heavy (non-hydrogen) atoms. The lowest BCUT2D eigenvalue weighted by Crippen LogP contribution is -2.48. The molecular weight excluding hydrogens is 530 g/mol. The molecule has 0 spiro atoms. The summed E-state index contributed by atoms with van der Waals surface area (Å²) in [5.41, 5.74) is 2.86. The van der Waals surface area contributed by atoms with E-state index in [9.17, 15) is 15.0 Å². The highest BCUT2D eigenvalue weighted by molar-refractivity contribution is 6.04. The Morgan fingerprint density at radius 3 is 2.40 bits per heavy atom. The monoisotopic (exact) mass is 575 g/mol. The summed E-state index contributed by atoms with van der Waals surface area (Å²) >= 11 is 0. The summed E-state index contributed by atoms with van der Waals surface area (Å²) in [7, 11) is 0. The quantitative estimate of drug-likeness (QED) is 0.278. The highest BCUT2D eigenvalue weighted by Crippen LogP contribution is 2.43. The van der Waals surface area contributed by atoms with Gasteiger partial charge >= 0.3 is 0 Å². The lowest BCUT2D eigenvalue weighted by Gasteiger charge is -2.41. The molecule has 3 aromatic rings. The Labute approximate surface area is 249 Å². The Kier molecular flexibility index (Phi) is 10.3. The fourth-order valence-corrected chi connectivity index (χ4v) is 6.68. The molecule has 8 heteroatoms. The Bertz CT molecular complexity index is 1240. The van der Waals surface area contributed by atoms with Crippen LogP contribution < -0.4 is 9.64 Å². The van der Waals surface area contributed by atoms with Crippen molar-refractivity contribution in [2.75, 3.05) is 31.1 Å². The minimum absolute atomic E-state index is 0.0683. The largest absolute Gasteiger partial charge is 0.494 e. The fraction of sp³-hybridized carbons (Fsp3) is 0.529. The van der Waals surface area contributed by atoms with Gasteiger partial charge < -0.3 is 24.3 Å². The fourth-order valence-electron chi connectivity index (χ4n) is 6.68. The lowest BCUT2D eigenvalue weighted by atomic mass is 9.69. The summed E-state index contributed by atoms with van der Waals surface area (Å²) in [6, 6.07) is 13.0. The van der Waals surface area contributed by atoms with Gasteiger partial charge in [-0.1, -0.05) is 31.4 Å². The Morgan fingerprint density at radius 2 is 1.79 bits per heavy atom. The number of nitrogens with zero attached hydrogens (tertiary/aromatic N) is 3. The van der Waals surface area contributed by atoms with Gasteiger partial charge in [0.1, 0.15) is 11.6 Å². The van der Waals surface area contributed by atoms with Crippen molar-refractivity contribution < 1.29 is 24.2 Å². The molecular formula is C34H45N3O5. The van der Waals surface area contributed by atoms with Crippen molar-refractivity contribution in [3.63, 3.8) is 0 Å². The van der Waals surface area contributed by atoms with Crippen LogP contribution in [0.1, 0.15) is 85.0 Å². The lowest BCUT2D eigenvalue weighted by molar-refractivity contribution is 0.0894. The van der Waals surface area contributed by atoms with Crippen molar-refractivity contribution in [3.8, 4) is 5.75 Å². The molecule has 0 radical (unpaired) electrons. The van der Waals surface area contributed by atoms with E-state index >= 15 is 0 Å². The van der Waals surface area contributed by atoms with Crippen LogP contribution in [0.15, 0.2) is 59.3 Å². The molecule has 5 rings (SSSR count). The Morgan fingerprint density at radius 1 is 1.05 bits per heavy atom. The van der Waals surface area contributed by atoms with E-state index in [4.69, 9.17) is 9.15 Å². The highest BCUT2D eigenvalue weighted by Gasteiger charge is 2.35. The first kappa shape index (κ1) is 30.3. The maximum atomic E-state index is 13.5. The summed E-state index contributed by atoms with van der Waals surface area (Å²) in [5.74, 6) is 1.61. The maximum Gasteiger partial charge on any atom is 0.295 e. The van der Waals surface area contributed by atoms with Crippen LogP contribution in [0.3, 0.4) is 0 Å². The van der Waals surface area contributed by atoms with Gasteiger partial charge in [-0.05, 0) is 104 Å². The summed E-state index contributed by atoms with van der Waals surface area (Å²) in [4.78, 5) is 22.5. The van der Waals surface area contributed by atoms with Crippen LogP contribution in [0.5, 0.6) is 5.75 Å². The number of piperidine rings is 1. The number of aryl methyl sites for hydroxylation is 1. The molecule has 1 aromatic carbocycles. The molecule has 1 saturated heterocycles. The molecule has 2 N–H and O–H groups in total. The third kappa shape index (κ3) is 7.60. The molecule has 1 aliphatic heterocycles. The number of hydrogen-bond acceptors (Lipinski definition) is 7. The number of carbonyl (C=O) groups excluding carboxylic acids is 1. The number of amides is 1. The van der Waals surface area contributed by atoms with Gasteiger partial charge in [0.25, 0.3) is 5.91 Å². The summed E-state index contributed by atoms with van der Waals surface area (Å²) in [5, 5.41) is 19.1. The molecule has 0 bridgehead atoms. The van der Waals surface area contributed by atoms with Crippen molar-refractivity contribution in [3.05, 3.63) is 77.4 Å². The van der Waals surface area contributed by atoms with Gasteiger partial charge in [-0.15, -0.1) is 0 Å². The molecule has 8 nitrogen and oxygen atoms in total. The number of benzene rings is 1. The zero-order valence-electron chi connectivity index (χ0n) is 24.8. The van der Waals surface area contributed by atoms with Crippen molar-refractivity contribution >= 4 is 11.7 Å². The second-order valence-corrected chi connectivity index (χ2v) is 12.1. The molecule has 226 valence electrons. The number of furan rings is 1.